The van der Waals surface area contributed by atoms with Gasteiger partial charge in [0.05, 0.1) is 24.3 Å². The third-order valence-corrected chi connectivity index (χ3v) is 6.82. The van der Waals surface area contributed by atoms with Crippen LogP contribution in [0.15, 0.2) is 97.1 Å². The molecule has 44 heavy (non-hydrogen) atoms. The number of ether oxygens (including phenoxy) is 2. The monoisotopic (exact) mass is 621 g/mol. The van der Waals surface area contributed by atoms with Gasteiger partial charge in [0.15, 0.2) is 0 Å². The summed E-state index contributed by atoms with van der Waals surface area (Å²) in [6.45, 7) is 3.44. The molecule has 4 rings (SSSR count). The molecule has 0 amide bonds. The maximum atomic E-state index is 13.7. The zero-order chi connectivity index (χ0) is 32.1. The molecule has 4 aromatic carbocycles. The van der Waals surface area contributed by atoms with E-state index in [0.717, 1.165) is 29.8 Å². The van der Waals surface area contributed by atoms with E-state index in [9.17, 15) is 35.8 Å². The lowest BCUT2D eigenvalue weighted by molar-refractivity contribution is -0.253. The quantitative estimate of drug-likeness (QED) is 0.155. The molecule has 0 spiro atoms. The predicted octanol–water partition coefficient (Wildman–Crippen LogP) is 9.27. The Morgan fingerprint density at radius 1 is 0.682 bits per heavy atom. The standard InChI is InChI=1S/C33H30F7NO3/c1-20(2)21-7-4-12-26(16-21)43-27-13-5-9-23(17-27)30(24-10-6-14-28(18-24)44-33(39,40)31(34)35)41-29(19-42)22-8-3-11-25(15-22)32(36,37)38/h3-18,20,29-31,41-42H,19H2,1-2H3. The third-order valence-electron chi connectivity index (χ3n) is 6.82. The summed E-state index contributed by atoms with van der Waals surface area (Å²) >= 11 is 0. The van der Waals surface area contributed by atoms with Crippen molar-refractivity contribution in [3.63, 3.8) is 0 Å². The number of halogens is 7. The maximum Gasteiger partial charge on any atom is 0.461 e. The number of benzene rings is 4. The highest BCUT2D eigenvalue weighted by molar-refractivity contribution is 5.42. The molecular formula is C33H30F7NO3. The smallest absolute Gasteiger partial charge is 0.457 e. The number of nitrogens with one attached hydrogen (secondary N) is 1. The zero-order valence-corrected chi connectivity index (χ0v) is 23.7. The molecule has 4 nitrogen and oxygen atoms in total. The van der Waals surface area contributed by atoms with Crippen LogP contribution in [-0.2, 0) is 6.18 Å². The van der Waals surface area contributed by atoms with E-state index in [0.29, 0.717) is 17.1 Å². The second-order valence-electron chi connectivity index (χ2n) is 10.4. The fourth-order valence-electron chi connectivity index (χ4n) is 4.56. The van der Waals surface area contributed by atoms with Crippen LogP contribution in [0.2, 0.25) is 0 Å². The minimum Gasteiger partial charge on any atom is -0.457 e. The number of alkyl halides is 7. The molecule has 0 aliphatic carbocycles. The Balaban J connectivity index is 1.74. The van der Waals surface area contributed by atoms with E-state index in [1.54, 1.807) is 30.3 Å². The molecule has 0 bridgehead atoms. The van der Waals surface area contributed by atoms with Crippen LogP contribution in [0.4, 0.5) is 30.7 Å². The van der Waals surface area contributed by atoms with Gasteiger partial charge in [-0.15, -0.1) is 0 Å². The minimum absolute atomic E-state index is 0.113. The molecule has 2 unspecified atom stereocenters. The van der Waals surface area contributed by atoms with Gasteiger partial charge in [-0.1, -0.05) is 62.4 Å². The summed E-state index contributed by atoms with van der Waals surface area (Å²) < 4.78 is 104. The molecule has 0 saturated heterocycles. The molecule has 0 aliphatic rings. The average Bonchev–Trinajstić information content (AvgIpc) is 2.97. The summed E-state index contributed by atoms with van der Waals surface area (Å²) in [6.07, 6.45) is -13.5. The van der Waals surface area contributed by atoms with Gasteiger partial charge in [0.2, 0.25) is 0 Å². The highest BCUT2D eigenvalue weighted by atomic mass is 19.4. The highest BCUT2D eigenvalue weighted by Gasteiger charge is 2.44. The van der Waals surface area contributed by atoms with E-state index in [4.69, 9.17) is 4.74 Å². The molecule has 0 heterocycles. The molecule has 0 radical (unpaired) electrons. The summed E-state index contributed by atoms with van der Waals surface area (Å²) in [4.78, 5) is 0. The van der Waals surface area contributed by atoms with Gasteiger partial charge in [0, 0.05) is 0 Å². The maximum absolute atomic E-state index is 13.7. The van der Waals surface area contributed by atoms with Gasteiger partial charge in [0.25, 0.3) is 0 Å². The lowest BCUT2D eigenvalue weighted by Gasteiger charge is -2.27. The summed E-state index contributed by atoms with van der Waals surface area (Å²) in [5, 5.41) is 13.3. The Morgan fingerprint density at radius 2 is 1.18 bits per heavy atom. The molecule has 0 aromatic heterocycles. The SMILES string of the molecule is CC(C)c1cccc(Oc2cccc(C(NC(CO)c3cccc(C(F)(F)F)c3)c3cccc(OC(F)(F)C(F)F)c3)c2)c1. The van der Waals surface area contributed by atoms with Crippen LogP contribution in [-0.4, -0.2) is 24.2 Å². The van der Waals surface area contributed by atoms with Crippen LogP contribution in [0.5, 0.6) is 17.2 Å². The second kappa shape index (κ2) is 13.7. The van der Waals surface area contributed by atoms with Gasteiger partial charge in [-0.2, -0.15) is 30.7 Å². The van der Waals surface area contributed by atoms with Crippen LogP contribution in [0.25, 0.3) is 0 Å². The fourth-order valence-corrected chi connectivity index (χ4v) is 4.56. The van der Waals surface area contributed by atoms with E-state index < -0.39 is 48.7 Å². The number of hydrogen-bond acceptors (Lipinski definition) is 4. The topological polar surface area (TPSA) is 50.7 Å². The Labute approximate surface area is 250 Å². The summed E-state index contributed by atoms with van der Waals surface area (Å²) in [5.41, 5.74) is 0.961. The van der Waals surface area contributed by atoms with Crippen molar-refractivity contribution in [2.75, 3.05) is 6.61 Å². The first kappa shape index (κ1) is 32.8. The Bertz CT molecular complexity index is 1540. The molecule has 0 aliphatic heterocycles. The molecule has 2 N–H and O–H groups in total. The Hall–Kier alpha value is -4.09. The van der Waals surface area contributed by atoms with Crippen LogP contribution >= 0.6 is 0 Å². The largest absolute Gasteiger partial charge is 0.461 e. The van der Waals surface area contributed by atoms with Gasteiger partial charge in [-0.05, 0) is 76.7 Å². The van der Waals surface area contributed by atoms with Crippen LogP contribution < -0.4 is 14.8 Å². The normalized spacial score (nSPS) is 13.6. The van der Waals surface area contributed by atoms with E-state index in [1.807, 2.05) is 32.0 Å². The first-order valence-corrected chi connectivity index (χ1v) is 13.6. The number of aliphatic hydroxyl groups excluding tert-OH is 1. The molecular weight excluding hydrogens is 591 g/mol. The van der Waals surface area contributed by atoms with Crippen molar-refractivity contribution < 1.29 is 45.3 Å². The van der Waals surface area contributed by atoms with Crippen molar-refractivity contribution in [2.24, 2.45) is 0 Å². The Morgan fingerprint density at radius 3 is 1.73 bits per heavy atom. The fraction of sp³-hybridized carbons (Fsp3) is 0.273. The van der Waals surface area contributed by atoms with Crippen molar-refractivity contribution in [1.29, 1.82) is 0 Å². The molecule has 11 heteroatoms. The number of rotatable bonds is 12. The summed E-state index contributed by atoms with van der Waals surface area (Å²) in [7, 11) is 0. The third kappa shape index (κ3) is 8.29. The van der Waals surface area contributed by atoms with Crippen LogP contribution in [0.1, 0.15) is 59.7 Å². The average molecular weight is 622 g/mol. The second-order valence-corrected chi connectivity index (χ2v) is 10.4. The van der Waals surface area contributed by atoms with Crippen LogP contribution in [0, 0.1) is 0 Å². The van der Waals surface area contributed by atoms with Crippen molar-refractivity contribution in [3.8, 4) is 17.2 Å². The first-order chi connectivity index (χ1) is 20.8. The molecule has 0 saturated carbocycles. The van der Waals surface area contributed by atoms with Crippen molar-refractivity contribution in [1.82, 2.24) is 5.32 Å². The van der Waals surface area contributed by atoms with Crippen molar-refractivity contribution in [2.45, 2.75) is 50.6 Å². The number of hydrogen-bond donors (Lipinski definition) is 2. The lowest BCUT2D eigenvalue weighted by atomic mass is 9.95. The van der Waals surface area contributed by atoms with E-state index in [1.165, 1.54) is 24.3 Å². The number of aliphatic hydroxyl groups is 1. The molecule has 2 atom stereocenters. The minimum atomic E-state index is -4.76. The van der Waals surface area contributed by atoms with Gasteiger partial charge in [-0.25, -0.2) is 0 Å². The van der Waals surface area contributed by atoms with Gasteiger partial charge in [0.1, 0.15) is 17.2 Å². The van der Waals surface area contributed by atoms with Gasteiger partial charge < -0.3 is 14.6 Å². The van der Waals surface area contributed by atoms with E-state index in [2.05, 4.69) is 10.1 Å². The van der Waals surface area contributed by atoms with Crippen LogP contribution in [0.3, 0.4) is 0 Å². The highest BCUT2D eigenvalue weighted by Crippen LogP contribution is 2.35. The summed E-state index contributed by atoms with van der Waals surface area (Å²) in [6, 6.07) is 21.5. The van der Waals surface area contributed by atoms with Gasteiger partial charge in [-0.3, -0.25) is 5.32 Å². The van der Waals surface area contributed by atoms with E-state index >= 15 is 0 Å². The van der Waals surface area contributed by atoms with E-state index in [-0.39, 0.29) is 17.0 Å². The predicted molar refractivity (Wildman–Crippen MR) is 151 cm³/mol. The molecule has 0 fully saturated rings. The van der Waals surface area contributed by atoms with Crippen molar-refractivity contribution in [3.05, 3.63) is 125 Å². The molecule has 234 valence electrons. The van der Waals surface area contributed by atoms with Crippen molar-refractivity contribution >= 4 is 0 Å². The lowest BCUT2D eigenvalue weighted by Crippen LogP contribution is -2.33. The Kier molecular flexibility index (Phi) is 10.2. The van der Waals surface area contributed by atoms with Gasteiger partial charge >= 0.3 is 18.7 Å². The zero-order valence-electron chi connectivity index (χ0n) is 23.7. The first-order valence-electron chi connectivity index (χ1n) is 13.6. The summed E-state index contributed by atoms with van der Waals surface area (Å²) in [5.74, 6) is 0.639. The molecule has 4 aromatic rings.